The van der Waals surface area contributed by atoms with Crippen molar-refractivity contribution in [1.82, 2.24) is 4.98 Å². The SMILES string of the molecule is Nc1c(Nc2cccc(Cl)c2F)ccc2cnccc12. The van der Waals surface area contributed by atoms with Gasteiger partial charge in [0.2, 0.25) is 0 Å². The van der Waals surface area contributed by atoms with Crippen LogP contribution in [0.3, 0.4) is 0 Å². The molecule has 0 saturated carbocycles. The van der Waals surface area contributed by atoms with Crippen molar-refractivity contribution < 1.29 is 4.39 Å². The number of pyridine rings is 1. The number of hydrogen-bond donors (Lipinski definition) is 2. The van der Waals surface area contributed by atoms with Crippen LogP contribution in [0.25, 0.3) is 10.8 Å². The molecule has 3 nitrogen and oxygen atoms in total. The molecule has 1 aromatic heterocycles. The number of hydrogen-bond acceptors (Lipinski definition) is 3. The van der Waals surface area contributed by atoms with E-state index in [4.69, 9.17) is 17.3 Å². The number of halogens is 2. The van der Waals surface area contributed by atoms with Crippen molar-refractivity contribution in [3.8, 4) is 0 Å². The third-order valence-electron chi connectivity index (χ3n) is 3.08. The Bertz CT molecular complexity index is 789. The van der Waals surface area contributed by atoms with Crippen molar-refractivity contribution in [3.05, 3.63) is 59.6 Å². The number of fused-ring (bicyclic) bond motifs is 1. The maximum absolute atomic E-state index is 13.9. The molecule has 0 saturated heterocycles. The zero-order valence-electron chi connectivity index (χ0n) is 10.4. The molecule has 5 heteroatoms. The van der Waals surface area contributed by atoms with Crippen molar-refractivity contribution in [2.75, 3.05) is 11.1 Å². The smallest absolute Gasteiger partial charge is 0.165 e. The van der Waals surface area contributed by atoms with Gasteiger partial charge in [0, 0.05) is 23.2 Å². The van der Waals surface area contributed by atoms with Crippen LogP contribution in [0.2, 0.25) is 5.02 Å². The Morgan fingerprint density at radius 1 is 1.10 bits per heavy atom. The van der Waals surface area contributed by atoms with Gasteiger partial charge >= 0.3 is 0 Å². The lowest BCUT2D eigenvalue weighted by atomic mass is 10.1. The van der Waals surface area contributed by atoms with Crippen LogP contribution in [0, 0.1) is 5.82 Å². The van der Waals surface area contributed by atoms with Gasteiger partial charge in [-0.1, -0.05) is 23.7 Å². The van der Waals surface area contributed by atoms with Crippen LogP contribution < -0.4 is 11.1 Å². The molecular weight excluding hydrogens is 277 g/mol. The molecular formula is C15H11ClFN3. The van der Waals surface area contributed by atoms with E-state index in [1.807, 2.05) is 12.1 Å². The van der Waals surface area contributed by atoms with Gasteiger partial charge in [-0.25, -0.2) is 4.39 Å². The van der Waals surface area contributed by atoms with Crippen molar-refractivity contribution in [1.29, 1.82) is 0 Å². The van der Waals surface area contributed by atoms with Crippen LogP contribution >= 0.6 is 11.6 Å². The van der Waals surface area contributed by atoms with E-state index in [1.165, 1.54) is 6.07 Å². The van der Waals surface area contributed by atoms with Gasteiger partial charge in [0.15, 0.2) is 5.82 Å². The number of anilines is 3. The molecule has 0 atom stereocenters. The van der Waals surface area contributed by atoms with Crippen LogP contribution in [-0.4, -0.2) is 4.98 Å². The summed E-state index contributed by atoms with van der Waals surface area (Å²) in [6.45, 7) is 0. The first-order valence-electron chi connectivity index (χ1n) is 6.00. The molecule has 2 aromatic carbocycles. The summed E-state index contributed by atoms with van der Waals surface area (Å²) >= 11 is 5.76. The van der Waals surface area contributed by atoms with Gasteiger partial charge in [-0.15, -0.1) is 0 Å². The summed E-state index contributed by atoms with van der Waals surface area (Å²) in [7, 11) is 0. The highest BCUT2D eigenvalue weighted by atomic mass is 35.5. The molecule has 0 radical (unpaired) electrons. The van der Waals surface area contributed by atoms with Crippen LogP contribution in [-0.2, 0) is 0 Å². The maximum atomic E-state index is 13.9. The molecule has 1 heterocycles. The molecule has 0 fully saturated rings. The van der Waals surface area contributed by atoms with Crippen LogP contribution in [0.1, 0.15) is 0 Å². The van der Waals surface area contributed by atoms with Crippen LogP contribution in [0.5, 0.6) is 0 Å². The quantitative estimate of drug-likeness (QED) is 0.689. The molecule has 0 aliphatic heterocycles. The summed E-state index contributed by atoms with van der Waals surface area (Å²) in [5.74, 6) is -0.497. The molecule has 3 rings (SSSR count). The fourth-order valence-corrected chi connectivity index (χ4v) is 2.22. The molecule has 100 valence electrons. The largest absolute Gasteiger partial charge is 0.397 e. The summed E-state index contributed by atoms with van der Waals surface area (Å²) < 4.78 is 13.9. The summed E-state index contributed by atoms with van der Waals surface area (Å²) in [4.78, 5) is 4.04. The van der Waals surface area contributed by atoms with Gasteiger partial charge in [-0.3, -0.25) is 4.98 Å². The van der Waals surface area contributed by atoms with E-state index in [1.54, 1.807) is 30.6 Å². The number of benzene rings is 2. The minimum atomic E-state index is -0.497. The monoisotopic (exact) mass is 287 g/mol. The standard InChI is InChI=1S/C15H11ClFN3/c16-11-2-1-3-12(14(11)17)20-13-5-4-9-8-19-7-6-10(9)15(13)18/h1-8,20H,18H2. The Balaban J connectivity index is 2.07. The molecule has 0 amide bonds. The Morgan fingerprint density at radius 3 is 2.80 bits per heavy atom. The third kappa shape index (κ3) is 2.14. The molecule has 20 heavy (non-hydrogen) atoms. The van der Waals surface area contributed by atoms with E-state index in [9.17, 15) is 4.39 Å². The second-order valence-electron chi connectivity index (χ2n) is 4.35. The first-order chi connectivity index (χ1) is 9.66. The Hall–Kier alpha value is -2.33. The predicted molar refractivity (Wildman–Crippen MR) is 80.8 cm³/mol. The summed E-state index contributed by atoms with van der Waals surface area (Å²) in [6, 6.07) is 10.3. The van der Waals surface area contributed by atoms with Crippen molar-refractivity contribution >= 4 is 39.4 Å². The zero-order chi connectivity index (χ0) is 14.1. The lowest BCUT2D eigenvalue weighted by molar-refractivity contribution is 0.632. The van der Waals surface area contributed by atoms with Crippen LogP contribution in [0.15, 0.2) is 48.8 Å². The highest BCUT2D eigenvalue weighted by molar-refractivity contribution is 6.31. The molecule has 0 unspecified atom stereocenters. The average Bonchev–Trinajstić information content (AvgIpc) is 2.47. The first kappa shape index (κ1) is 12.7. The molecule has 0 spiro atoms. The van der Waals surface area contributed by atoms with E-state index in [-0.39, 0.29) is 10.7 Å². The Labute approximate surface area is 120 Å². The average molecular weight is 288 g/mol. The Morgan fingerprint density at radius 2 is 1.95 bits per heavy atom. The number of nitrogen functional groups attached to an aromatic ring is 1. The van der Waals surface area contributed by atoms with Gasteiger partial charge < -0.3 is 11.1 Å². The van der Waals surface area contributed by atoms with Crippen LogP contribution in [0.4, 0.5) is 21.5 Å². The number of nitrogens with zero attached hydrogens (tertiary/aromatic N) is 1. The minimum Gasteiger partial charge on any atom is -0.397 e. The molecule has 3 aromatic rings. The van der Waals surface area contributed by atoms with E-state index < -0.39 is 5.82 Å². The van der Waals surface area contributed by atoms with Crippen molar-refractivity contribution in [2.45, 2.75) is 0 Å². The first-order valence-corrected chi connectivity index (χ1v) is 6.38. The Kier molecular flexibility index (Phi) is 3.16. The summed E-state index contributed by atoms with van der Waals surface area (Å²) in [5, 5.41) is 4.84. The normalized spacial score (nSPS) is 10.7. The van der Waals surface area contributed by atoms with Crippen molar-refractivity contribution in [2.24, 2.45) is 0 Å². The second-order valence-corrected chi connectivity index (χ2v) is 4.76. The number of rotatable bonds is 2. The maximum Gasteiger partial charge on any atom is 0.165 e. The molecule has 3 N–H and O–H groups in total. The minimum absolute atomic E-state index is 0.0681. The number of nitrogens with one attached hydrogen (secondary N) is 1. The van der Waals surface area contributed by atoms with Gasteiger partial charge in [-0.2, -0.15) is 0 Å². The van der Waals surface area contributed by atoms with Crippen molar-refractivity contribution in [3.63, 3.8) is 0 Å². The lowest BCUT2D eigenvalue weighted by Gasteiger charge is -2.12. The van der Waals surface area contributed by atoms with Gasteiger partial charge in [0.1, 0.15) is 0 Å². The lowest BCUT2D eigenvalue weighted by Crippen LogP contribution is -1.99. The van der Waals surface area contributed by atoms with E-state index in [0.717, 1.165) is 10.8 Å². The highest BCUT2D eigenvalue weighted by Gasteiger charge is 2.09. The number of aromatic nitrogens is 1. The van der Waals surface area contributed by atoms with E-state index >= 15 is 0 Å². The van der Waals surface area contributed by atoms with E-state index in [0.29, 0.717) is 11.4 Å². The summed E-state index contributed by atoms with van der Waals surface area (Å²) in [5.41, 5.74) is 7.57. The van der Waals surface area contributed by atoms with E-state index in [2.05, 4.69) is 10.3 Å². The highest BCUT2D eigenvalue weighted by Crippen LogP contribution is 2.32. The molecule has 0 aliphatic carbocycles. The third-order valence-corrected chi connectivity index (χ3v) is 3.37. The topological polar surface area (TPSA) is 50.9 Å². The fourth-order valence-electron chi connectivity index (χ4n) is 2.05. The zero-order valence-corrected chi connectivity index (χ0v) is 11.2. The van der Waals surface area contributed by atoms with Gasteiger partial charge in [-0.05, 0) is 24.3 Å². The van der Waals surface area contributed by atoms with Gasteiger partial charge in [0.25, 0.3) is 0 Å². The summed E-state index contributed by atoms with van der Waals surface area (Å²) in [6.07, 6.45) is 3.40. The second kappa shape index (κ2) is 4.98. The molecule has 0 bridgehead atoms. The number of nitrogens with two attached hydrogens (primary N) is 1. The predicted octanol–water partition coefficient (Wildman–Crippen LogP) is 4.35. The fraction of sp³-hybridized carbons (Fsp3) is 0. The van der Waals surface area contributed by atoms with Gasteiger partial charge in [0.05, 0.1) is 22.1 Å². The molecule has 0 aliphatic rings.